The molecule has 1 saturated heterocycles. The van der Waals surface area contributed by atoms with E-state index in [2.05, 4.69) is 29.0 Å². The van der Waals surface area contributed by atoms with Gasteiger partial charge in [-0.2, -0.15) is 4.98 Å². The van der Waals surface area contributed by atoms with Gasteiger partial charge in [0.2, 0.25) is 11.8 Å². The number of likely N-dealkylation sites (tertiary alicyclic amines) is 1. The second-order valence-electron chi connectivity index (χ2n) is 4.73. The van der Waals surface area contributed by atoms with Gasteiger partial charge < -0.3 is 10.6 Å². The monoisotopic (exact) mass is 237 g/mol. The first kappa shape index (κ1) is 11.9. The van der Waals surface area contributed by atoms with Crippen molar-refractivity contribution < 1.29 is 4.79 Å². The average Bonchev–Trinajstić information content (AvgIpc) is 2.95. The molecule has 0 atom stereocenters. The molecule has 2 heterocycles. The lowest BCUT2D eigenvalue weighted by molar-refractivity contribution is 0.0758. The van der Waals surface area contributed by atoms with Crippen molar-refractivity contribution >= 4 is 11.9 Å². The molecule has 0 radical (unpaired) electrons. The maximum atomic E-state index is 12.1. The highest BCUT2D eigenvalue weighted by Gasteiger charge is 2.37. The largest absolute Gasteiger partial charge is 0.366 e. The van der Waals surface area contributed by atoms with Gasteiger partial charge >= 0.3 is 0 Å². The van der Waals surface area contributed by atoms with Crippen molar-refractivity contribution in [2.45, 2.75) is 33.1 Å². The molecule has 1 fully saturated rings. The maximum absolute atomic E-state index is 12.1. The van der Waals surface area contributed by atoms with Crippen molar-refractivity contribution in [2.24, 2.45) is 5.41 Å². The molecule has 0 unspecified atom stereocenters. The molecule has 17 heavy (non-hydrogen) atoms. The van der Waals surface area contributed by atoms with E-state index in [1.165, 1.54) is 0 Å². The zero-order valence-electron chi connectivity index (χ0n) is 10.4. The van der Waals surface area contributed by atoms with Gasteiger partial charge in [0, 0.05) is 13.1 Å². The van der Waals surface area contributed by atoms with Crippen LogP contribution in [-0.2, 0) is 0 Å². The predicted molar refractivity (Wildman–Crippen MR) is 64.3 cm³/mol. The van der Waals surface area contributed by atoms with Crippen LogP contribution in [0.2, 0.25) is 0 Å². The average molecular weight is 237 g/mol. The van der Waals surface area contributed by atoms with Crippen LogP contribution in [0.15, 0.2) is 0 Å². The van der Waals surface area contributed by atoms with E-state index in [0.29, 0.717) is 0 Å². The summed E-state index contributed by atoms with van der Waals surface area (Å²) in [5.74, 6) is 0.258. The predicted octanol–water partition coefficient (Wildman–Crippen LogP) is 1.04. The maximum Gasteiger partial charge on any atom is 0.291 e. The Hall–Kier alpha value is -1.59. The Morgan fingerprint density at radius 2 is 2.24 bits per heavy atom. The van der Waals surface area contributed by atoms with Gasteiger partial charge in [-0.1, -0.05) is 13.8 Å². The summed E-state index contributed by atoms with van der Waals surface area (Å²) in [7, 11) is 0. The molecule has 0 saturated carbocycles. The topological polar surface area (TPSA) is 87.9 Å². The van der Waals surface area contributed by atoms with Crippen molar-refractivity contribution in [2.75, 3.05) is 18.8 Å². The highest BCUT2D eigenvalue weighted by molar-refractivity contribution is 5.90. The number of rotatable bonds is 3. The van der Waals surface area contributed by atoms with E-state index >= 15 is 0 Å². The quantitative estimate of drug-likeness (QED) is 0.822. The van der Waals surface area contributed by atoms with Crippen molar-refractivity contribution in [3.05, 3.63) is 5.82 Å². The molecule has 6 nitrogen and oxygen atoms in total. The van der Waals surface area contributed by atoms with E-state index in [0.717, 1.165) is 32.4 Å². The minimum atomic E-state index is -0.0991. The molecule has 2 rings (SSSR count). The minimum Gasteiger partial charge on any atom is -0.366 e. The first-order valence-electron chi connectivity index (χ1n) is 6.07. The van der Waals surface area contributed by atoms with E-state index in [1.807, 2.05) is 4.90 Å². The van der Waals surface area contributed by atoms with Crippen LogP contribution in [0.5, 0.6) is 0 Å². The molecule has 0 aromatic carbocycles. The molecule has 0 bridgehead atoms. The molecular formula is C11H19N5O. The van der Waals surface area contributed by atoms with E-state index in [-0.39, 0.29) is 23.1 Å². The molecule has 0 spiro atoms. The van der Waals surface area contributed by atoms with Crippen molar-refractivity contribution in [3.63, 3.8) is 0 Å². The number of nitrogens with zero attached hydrogens (tertiary/aromatic N) is 3. The third-order valence-electron chi connectivity index (χ3n) is 3.93. The summed E-state index contributed by atoms with van der Waals surface area (Å²) in [6, 6.07) is 0. The number of carbonyl (C=O) groups excluding carboxylic acids is 1. The van der Waals surface area contributed by atoms with Gasteiger partial charge in [-0.15, -0.1) is 5.10 Å². The SMILES string of the molecule is CCC1(CC)CCN(C(=O)c2nc(N)n[nH]2)C1. The molecule has 1 aromatic heterocycles. The number of anilines is 1. The smallest absolute Gasteiger partial charge is 0.291 e. The highest BCUT2D eigenvalue weighted by atomic mass is 16.2. The summed E-state index contributed by atoms with van der Waals surface area (Å²) in [4.78, 5) is 17.8. The summed E-state index contributed by atoms with van der Waals surface area (Å²) in [6.07, 6.45) is 3.27. The fraction of sp³-hybridized carbons (Fsp3) is 0.727. The molecule has 1 amide bonds. The summed E-state index contributed by atoms with van der Waals surface area (Å²) >= 11 is 0. The molecule has 94 valence electrons. The van der Waals surface area contributed by atoms with Crippen LogP contribution in [0.4, 0.5) is 5.95 Å². The standard InChI is InChI=1S/C11H19N5O/c1-3-11(4-2)5-6-16(7-11)9(17)8-13-10(12)15-14-8/h3-7H2,1-2H3,(H3,12,13,14,15). The molecule has 1 aliphatic rings. The van der Waals surface area contributed by atoms with Crippen LogP contribution in [0.1, 0.15) is 43.7 Å². The fourth-order valence-electron chi connectivity index (χ4n) is 2.46. The van der Waals surface area contributed by atoms with Gasteiger partial charge in [0.25, 0.3) is 5.91 Å². The van der Waals surface area contributed by atoms with Gasteiger partial charge in [-0.25, -0.2) is 0 Å². The lowest BCUT2D eigenvalue weighted by atomic mass is 9.82. The van der Waals surface area contributed by atoms with Crippen LogP contribution >= 0.6 is 0 Å². The summed E-state index contributed by atoms with van der Waals surface area (Å²) in [5.41, 5.74) is 5.68. The van der Waals surface area contributed by atoms with E-state index in [1.54, 1.807) is 0 Å². The number of hydrogen-bond acceptors (Lipinski definition) is 4. The van der Waals surface area contributed by atoms with Gasteiger partial charge in [-0.05, 0) is 24.7 Å². The zero-order chi connectivity index (χ0) is 12.5. The number of aromatic nitrogens is 3. The van der Waals surface area contributed by atoms with Crippen LogP contribution in [-0.4, -0.2) is 39.1 Å². The number of H-pyrrole nitrogens is 1. The summed E-state index contributed by atoms with van der Waals surface area (Å²) in [6.45, 7) is 5.97. The van der Waals surface area contributed by atoms with Crippen LogP contribution in [0.3, 0.4) is 0 Å². The Kier molecular flexibility index (Phi) is 3.04. The van der Waals surface area contributed by atoms with E-state index in [4.69, 9.17) is 5.73 Å². The normalized spacial score (nSPS) is 18.6. The Balaban J connectivity index is 2.08. The van der Waals surface area contributed by atoms with Crippen LogP contribution < -0.4 is 5.73 Å². The molecule has 3 N–H and O–H groups in total. The molecule has 1 aliphatic heterocycles. The third kappa shape index (κ3) is 2.11. The van der Waals surface area contributed by atoms with Crippen LogP contribution in [0.25, 0.3) is 0 Å². The van der Waals surface area contributed by atoms with Gasteiger partial charge in [0.15, 0.2) is 0 Å². The van der Waals surface area contributed by atoms with Gasteiger partial charge in [-0.3, -0.25) is 9.89 Å². The number of aromatic amines is 1. The lowest BCUT2D eigenvalue weighted by Gasteiger charge is -2.25. The molecule has 1 aromatic rings. The summed E-state index contributed by atoms with van der Waals surface area (Å²) < 4.78 is 0. The second-order valence-corrected chi connectivity index (χ2v) is 4.73. The van der Waals surface area contributed by atoms with Crippen molar-refractivity contribution in [1.29, 1.82) is 0 Å². The number of nitrogens with one attached hydrogen (secondary N) is 1. The van der Waals surface area contributed by atoms with E-state index in [9.17, 15) is 4.79 Å². The number of nitrogens with two attached hydrogens (primary N) is 1. The third-order valence-corrected chi connectivity index (χ3v) is 3.93. The number of nitrogen functional groups attached to an aromatic ring is 1. The fourth-order valence-corrected chi connectivity index (χ4v) is 2.46. The summed E-state index contributed by atoms with van der Waals surface area (Å²) in [5, 5.41) is 6.25. The zero-order valence-corrected chi connectivity index (χ0v) is 10.4. The van der Waals surface area contributed by atoms with Gasteiger partial charge in [0.05, 0.1) is 0 Å². The van der Waals surface area contributed by atoms with Crippen molar-refractivity contribution in [1.82, 2.24) is 20.1 Å². The van der Waals surface area contributed by atoms with Crippen molar-refractivity contribution in [3.8, 4) is 0 Å². The lowest BCUT2D eigenvalue weighted by Crippen LogP contribution is -2.32. The molecule has 0 aliphatic carbocycles. The number of hydrogen-bond donors (Lipinski definition) is 2. The number of amides is 1. The first-order valence-corrected chi connectivity index (χ1v) is 6.07. The molecule has 6 heteroatoms. The Morgan fingerprint density at radius 1 is 1.53 bits per heavy atom. The Bertz CT molecular complexity index is 410. The Morgan fingerprint density at radius 3 is 2.71 bits per heavy atom. The van der Waals surface area contributed by atoms with Crippen LogP contribution in [0, 0.1) is 5.41 Å². The Labute approximate surface area is 101 Å². The first-order chi connectivity index (χ1) is 8.10. The minimum absolute atomic E-state index is 0.0991. The number of carbonyl (C=O) groups is 1. The molecular weight excluding hydrogens is 218 g/mol. The highest BCUT2D eigenvalue weighted by Crippen LogP contribution is 2.37. The van der Waals surface area contributed by atoms with Gasteiger partial charge in [0.1, 0.15) is 0 Å². The second kappa shape index (κ2) is 4.35. The van der Waals surface area contributed by atoms with E-state index < -0.39 is 0 Å².